The van der Waals surface area contributed by atoms with Crippen molar-refractivity contribution in [3.05, 3.63) is 45.9 Å². The van der Waals surface area contributed by atoms with E-state index in [1.807, 2.05) is 40.0 Å². The van der Waals surface area contributed by atoms with Crippen molar-refractivity contribution in [3.8, 4) is 5.75 Å². The summed E-state index contributed by atoms with van der Waals surface area (Å²) in [6.07, 6.45) is 0. The van der Waals surface area contributed by atoms with E-state index in [0.717, 1.165) is 10.7 Å². The molecule has 0 N–H and O–H groups in total. The molecule has 0 atom stereocenters. The van der Waals surface area contributed by atoms with Gasteiger partial charge in [-0.25, -0.2) is 9.78 Å². The first-order valence-corrected chi connectivity index (χ1v) is 9.78. The van der Waals surface area contributed by atoms with E-state index in [1.54, 1.807) is 40.5 Å². The summed E-state index contributed by atoms with van der Waals surface area (Å²) in [6, 6.07) is 6.75. The van der Waals surface area contributed by atoms with Gasteiger partial charge in [-0.05, 0) is 58.9 Å². The van der Waals surface area contributed by atoms with Crippen LogP contribution in [-0.4, -0.2) is 40.5 Å². The number of ether oxygens (including phenoxy) is 2. The molecule has 0 radical (unpaired) electrons. The SMILES string of the molecule is Cc1nc(COc2ccc(C(=O)OCC(=O)N(C(C)C)C(C)C)cc2)cs1. The summed E-state index contributed by atoms with van der Waals surface area (Å²) in [5.41, 5.74) is 1.25. The zero-order valence-electron chi connectivity index (χ0n) is 16.4. The second-order valence-electron chi connectivity index (χ2n) is 6.74. The van der Waals surface area contributed by atoms with Gasteiger partial charge >= 0.3 is 5.97 Å². The lowest BCUT2D eigenvalue weighted by atomic mass is 10.2. The van der Waals surface area contributed by atoms with E-state index in [1.165, 1.54) is 0 Å². The molecule has 0 aliphatic rings. The molecule has 2 aromatic rings. The molecular weight excluding hydrogens is 364 g/mol. The Morgan fingerprint density at radius 1 is 1.11 bits per heavy atom. The molecule has 0 aliphatic carbocycles. The van der Waals surface area contributed by atoms with Crippen LogP contribution in [0.15, 0.2) is 29.6 Å². The van der Waals surface area contributed by atoms with Crippen LogP contribution in [0.5, 0.6) is 5.75 Å². The van der Waals surface area contributed by atoms with Crippen molar-refractivity contribution in [3.63, 3.8) is 0 Å². The molecule has 0 saturated heterocycles. The highest BCUT2D eigenvalue weighted by atomic mass is 32.1. The minimum Gasteiger partial charge on any atom is -0.487 e. The van der Waals surface area contributed by atoms with Crippen LogP contribution in [0, 0.1) is 6.92 Å². The minimum atomic E-state index is -0.530. The highest BCUT2D eigenvalue weighted by Crippen LogP contribution is 2.16. The fourth-order valence-electron chi connectivity index (χ4n) is 2.78. The van der Waals surface area contributed by atoms with E-state index >= 15 is 0 Å². The van der Waals surface area contributed by atoms with E-state index in [-0.39, 0.29) is 24.6 Å². The highest BCUT2D eigenvalue weighted by molar-refractivity contribution is 7.09. The molecule has 0 bridgehead atoms. The quantitative estimate of drug-likeness (QED) is 0.641. The van der Waals surface area contributed by atoms with Gasteiger partial charge in [0.1, 0.15) is 12.4 Å². The Kier molecular flexibility index (Phi) is 7.36. The van der Waals surface area contributed by atoms with Crippen LogP contribution in [0.4, 0.5) is 0 Å². The molecule has 1 aromatic heterocycles. The lowest BCUT2D eigenvalue weighted by Crippen LogP contribution is -2.44. The third-order valence-electron chi connectivity index (χ3n) is 3.87. The lowest BCUT2D eigenvalue weighted by Gasteiger charge is -2.30. The smallest absolute Gasteiger partial charge is 0.338 e. The number of hydrogen-bond acceptors (Lipinski definition) is 6. The van der Waals surface area contributed by atoms with Crippen molar-refractivity contribution in [2.75, 3.05) is 6.61 Å². The molecule has 0 spiro atoms. The maximum atomic E-state index is 12.3. The molecule has 0 unspecified atom stereocenters. The van der Waals surface area contributed by atoms with Crippen LogP contribution in [0.2, 0.25) is 0 Å². The first kappa shape index (κ1) is 20.9. The Hall–Kier alpha value is -2.41. The number of esters is 1. The van der Waals surface area contributed by atoms with Crippen LogP contribution >= 0.6 is 11.3 Å². The molecule has 0 fully saturated rings. The topological polar surface area (TPSA) is 68.7 Å². The third kappa shape index (κ3) is 6.06. The van der Waals surface area contributed by atoms with Crippen LogP contribution in [0.25, 0.3) is 0 Å². The monoisotopic (exact) mass is 390 g/mol. The molecule has 146 valence electrons. The number of amides is 1. The largest absolute Gasteiger partial charge is 0.487 e. The Morgan fingerprint density at radius 2 is 1.74 bits per heavy atom. The van der Waals surface area contributed by atoms with Gasteiger partial charge in [-0.2, -0.15) is 0 Å². The van der Waals surface area contributed by atoms with Crippen molar-refractivity contribution in [2.45, 2.75) is 53.3 Å². The van der Waals surface area contributed by atoms with Gasteiger partial charge < -0.3 is 14.4 Å². The van der Waals surface area contributed by atoms with Gasteiger partial charge in [-0.15, -0.1) is 11.3 Å². The van der Waals surface area contributed by atoms with Crippen LogP contribution in [0.3, 0.4) is 0 Å². The van der Waals surface area contributed by atoms with Crippen molar-refractivity contribution in [2.24, 2.45) is 0 Å². The Balaban J connectivity index is 1.86. The van der Waals surface area contributed by atoms with E-state index in [2.05, 4.69) is 4.98 Å². The second-order valence-corrected chi connectivity index (χ2v) is 7.80. The summed E-state index contributed by atoms with van der Waals surface area (Å²) in [6.45, 7) is 9.80. The predicted molar refractivity (Wildman–Crippen MR) is 105 cm³/mol. The van der Waals surface area contributed by atoms with Gasteiger partial charge in [0, 0.05) is 17.5 Å². The number of aryl methyl sites for hydroxylation is 1. The van der Waals surface area contributed by atoms with Gasteiger partial charge in [0.05, 0.1) is 16.3 Å². The molecule has 1 aromatic carbocycles. The third-order valence-corrected chi connectivity index (χ3v) is 4.69. The van der Waals surface area contributed by atoms with E-state index < -0.39 is 5.97 Å². The summed E-state index contributed by atoms with van der Waals surface area (Å²) < 4.78 is 10.8. The molecule has 7 heteroatoms. The minimum absolute atomic E-state index is 0.0501. The van der Waals surface area contributed by atoms with Crippen LogP contribution < -0.4 is 4.74 Å². The summed E-state index contributed by atoms with van der Waals surface area (Å²) in [7, 11) is 0. The zero-order chi connectivity index (χ0) is 20.0. The number of carbonyl (C=O) groups excluding carboxylic acids is 2. The van der Waals surface area contributed by atoms with Gasteiger partial charge in [0.15, 0.2) is 6.61 Å². The van der Waals surface area contributed by atoms with Crippen molar-refractivity contribution < 1.29 is 19.1 Å². The molecule has 27 heavy (non-hydrogen) atoms. The van der Waals surface area contributed by atoms with Crippen molar-refractivity contribution in [1.29, 1.82) is 0 Å². The zero-order valence-corrected chi connectivity index (χ0v) is 17.2. The Morgan fingerprint density at radius 3 is 2.26 bits per heavy atom. The molecule has 2 rings (SSSR count). The Labute approximate surface area is 164 Å². The molecule has 0 saturated carbocycles. The average molecular weight is 391 g/mol. The normalized spacial score (nSPS) is 10.9. The predicted octanol–water partition coefficient (Wildman–Crippen LogP) is 3.83. The van der Waals surface area contributed by atoms with Crippen LogP contribution in [-0.2, 0) is 16.1 Å². The second kappa shape index (κ2) is 9.50. The summed E-state index contributed by atoms with van der Waals surface area (Å²) in [4.78, 5) is 30.5. The number of nitrogens with zero attached hydrogens (tertiary/aromatic N) is 2. The number of thiazole rings is 1. The number of aromatic nitrogens is 1. The van der Waals surface area contributed by atoms with Gasteiger partial charge in [-0.1, -0.05) is 0 Å². The summed E-state index contributed by atoms with van der Waals surface area (Å²) in [5, 5.41) is 2.95. The van der Waals surface area contributed by atoms with Gasteiger partial charge in [0.25, 0.3) is 5.91 Å². The molecule has 1 amide bonds. The fourth-order valence-corrected chi connectivity index (χ4v) is 3.37. The first-order valence-electron chi connectivity index (χ1n) is 8.90. The lowest BCUT2D eigenvalue weighted by molar-refractivity contribution is -0.138. The Bertz CT molecular complexity index is 761. The molecular formula is C20H26N2O4S. The van der Waals surface area contributed by atoms with E-state index in [9.17, 15) is 9.59 Å². The first-order chi connectivity index (χ1) is 12.8. The highest BCUT2D eigenvalue weighted by Gasteiger charge is 2.21. The molecule has 0 aliphatic heterocycles. The maximum Gasteiger partial charge on any atom is 0.338 e. The number of rotatable bonds is 8. The van der Waals surface area contributed by atoms with Crippen molar-refractivity contribution >= 4 is 23.2 Å². The van der Waals surface area contributed by atoms with Gasteiger partial charge in [0.2, 0.25) is 0 Å². The standard InChI is InChI=1S/C20H26N2O4S/c1-13(2)22(14(3)4)19(23)11-26-20(24)16-6-8-18(9-7-16)25-10-17-12-27-15(5)21-17/h6-9,12-14H,10-11H2,1-5H3. The van der Waals surface area contributed by atoms with Crippen molar-refractivity contribution in [1.82, 2.24) is 9.88 Å². The average Bonchev–Trinajstić information content (AvgIpc) is 3.03. The molecule has 1 heterocycles. The number of benzene rings is 1. The fraction of sp³-hybridized carbons (Fsp3) is 0.450. The molecule has 6 nitrogen and oxygen atoms in total. The van der Waals surface area contributed by atoms with E-state index in [4.69, 9.17) is 9.47 Å². The van der Waals surface area contributed by atoms with E-state index in [0.29, 0.717) is 17.9 Å². The number of carbonyl (C=O) groups is 2. The maximum absolute atomic E-state index is 12.3. The number of hydrogen-bond donors (Lipinski definition) is 0. The summed E-state index contributed by atoms with van der Waals surface area (Å²) >= 11 is 1.58. The van der Waals surface area contributed by atoms with Crippen LogP contribution in [0.1, 0.15) is 48.8 Å². The van der Waals surface area contributed by atoms with Gasteiger partial charge in [-0.3, -0.25) is 4.79 Å². The summed E-state index contributed by atoms with van der Waals surface area (Å²) in [5.74, 6) is -0.0941.